The molecule has 1 saturated heterocycles. The lowest BCUT2D eigenvalue weighted by molar-refractivity contribution is -0.120. The Balaban J connectivity index is 1.28. The molecule has 33 heavy (non-hydrogen) atoms. The summed E-state index contributed by atoms with van der Waals surface area (Å²) in [5.41, 5.74) is 1.96. The first-order valence-electron chi connectivity index (χ1n) is 11.1. The van der Waals surface area contributed by atoms with Gasteiger partial charge in [-0.25, -0.2) is 14.4 Å². The van der Waals surface area contributed by atoms with Gasteiger partial charge in [-0.1, -0.05) is 30.3 Å². The third-order valence-electron chi connectivity index (χ3n) is 5.49. The molecule has 0 bridgehead atoms. The molecule has 172 valence electrons. The molecule has 0 radical (unpaired) electrons. The minimum atomic E-state index is -0.397. The fraction of sp³-hybridized carbons (Fsp3) is 0.320. The summed E-state index contributed by atoms with van der Waals surface area (Å²) >= 11 is 0. The summed E-state index contributed by atoms with van der Waals surface area (Å²) in [5, 5.41) is 6.16. The summed E-state index contributed by atoms with van der Waals surface area (Å²) in [7, 11) is 0. The van der Waals surface area contributed by atoms with Crippen LogP contribution in [0.25, 0.3) is 11.1 Å². The van der Waals surface area contributed by atoms with Crippen molar-refractivity contribution in [2.45, 2.75) is 13.0 Å². The lowest BCUT2D eigenvalue weighted by Gasteiger charge is -2.26. The van der Waals surface area contributed by atoms with Gasteiger partial charge in [-0.2, -0.15) is 0 Å². The molecule has 0 saturated carbocycles. The smallest absolute Gasteiger partial charge is 0.227 e. The highest BCUT2D eigenvalue weighted by Gasteiger charge is 2.12. The zero-order valence-corrected chi connectivity index (χ0v) is 18.5. The molecule has 0 unspecified atom stereocenters. The topological polar surface area (TPSA) is 79.4 Å². The third kappa shape index (κ3) is 6.81. The second-order valence-corrected chi connectivity index (χ2v) is 7.91. The Kier molecular flexibility index (Phi) is 7.94. The quantitative estimate of drug-likeness (QED) is 0.522. The number of benzene rings is 2. The number of rotatable bonds is 9. The van der Waals surface area contributed by atoms with Gasteiger partial charge in [-0.3, -0.25) is 9.69 Å². The highest BCUT2D eigenvalue weighted by atomic mass is 19.1. The van der Waals surface area contributed by atoms with Crippen LogP contribution in [0.1, 0.15) is 11.4 Å². The fourth-order valence-corrected chi connectivity index (χ4v) is 3.63. The van der Waals surface area contributed by atoms with E-state index in [0.29, 0.717) is 35.9 Å². The van der Waals surface area contributed by atoms with Crippen molar-refractivity contribution < 1.29 is 13.9 Å². The number of amides is 1. The number of hydrogen-bond donors (Lipinski definition) is 2. The van der Waals surface area contributed by atoms with Gasteiger partial charge in [0.1, 0.15) is 24.0 Å². The van der Waals surface area contributed by atoms with E-state index < -0.39 is 5.82 Å². The van der Waals surface area contributed by atoms with Crippen molar-refractivity contribution in [1.29, 1.82) is 0 Å². The van der Waals surface area contributed by atoms with Crippen molar-refractivity contribution in [3.63, 3.8) is 0 Å². The van der Waals surface area contributed by atoms with E-state index in [1.54, 1.807) is 12.1 Å². The van der Waals surface area contributed by atoms with E-state index in [1.807, 2.05) is 30.3 Å². The van der Waals surface area contributed by atoms with E-state index in [2.05, 4.69) is 25.5 Å². The number of nitrogens with zero attached hydrogens (tertiary/aromatic N) is 3. The van der Waals surface area contributed by atoms with Crippen LogP contribution in [0.5, 0.6) is 5.75 Å². The number of carbonyl (C=O) groups is 1. The standard InChI is InChI=1S/C25H28FN5O2/c26-23-14-21(33-13-12-31-10-8-27-9-11-31)6-7-22(23)20-17-28-24(29-18-20)15-25(32)30-16-19-4-2-1-3-5-19/h1-7,14,17-18,27H,8-13,15-16H2,(H,30,32). The Morgan fingerprint density at radius 2 is 1.85 bits per heavy atom. The molecule has 1 aliphatic rings. The highest BCUT2D eigenvalue weighted by Crippen LogP contribution is 2.25. The first-order chi connectivity index (χ1) is 16.2. The van der Waals surface area contributed by atoms with E-state index in [4.69, 9.17) is 4.74 Å². The maximum atomic E-state index is 14.7. The Labute approximate surface area is 193 Å². The van der Waals surface area contributed by atoms with Crippen LogP contribution in [0, 0.1) is 5.82 Å². The molecule has 2 aromatic carbocycles. The first kappa shape index (κ1) is 22.8. The molecule has 4 rings (SSSR count). The van der Waals surface area contributed by atoms with E-state index in [9.17, 15) is 9.18 Å². The Bertz CT molecular complexity index is 1040. The number of ether oxygens (including phenoxy) is 1. The molecule has 1 amide bonds. The van der Waals surface area contributed by atoms with E-state index >= 15 is 0 Å². The molecule has 7 nitrogen and oxygen atoms in total. The summed E-state index contributed by atoms with van der Waals surface area (Å²) in [6.07, 6.45) is 3.14. The normalized spacial score (nSPS) is 14.1. The van der Waals surface area contributed by atoms with Crippen molar-refractivity contribution in [3.8, 4) is 16.9 Å². The Morgan fingerprint density at radius 1 is 1.09 bits per heavy atom. The zero-order chi connectivity index (χ0) is 22.9. The van der Waals surface area contributed by atoms with E-state index in [-0.39, 0.29) is 12.3 Å². The van der Waals surface area contributed by atoms with Gasteiger partial charge in [0, 0.05) is 68.9 Å². The van der Waals surface area contributed by atoms with Gasteiger partial charge in [0.15, 0.2) is 0 Å². The molecular formula is C25H28FN5O2. The summed E-state index contributed by atoms with van der Waals surface area (Å²) in [6.45, 7) is 5.77. The zero-order valence-electron chi connectivity index (χ0n) is 18.5. The van der Waals surface area contributed by atoms with Crippen molar-refractivity contribution in [1.82, 2.24) is 25.5 Å². The van der Waals surface area contributed by atoms with Crippen molar-refractivity contribution in [2.24, 2.45) is 0 Å². The van der Waals surface area contributed by atoms with Gasteiger partial charge in [-0.15, -0.1) is 0 Å². The maximum absolute atomic E-state index is 14.7. The second kappa shape index (κ2) is 11.5. The number of piperazine rings is 1. The third-order valence-corrected chi connectivity index (χ3v) is 5.49. The number of aromatic nitrogens is 2. The van der Waals surface area contributed by atoms with Crippen molar-refractivity contribution in [3.05, 3.63) is 78.1 Å². The van der Waals surface area contributed by atoms with Crippen LogP contribution in [-0.2, 0) is 17.8 Å². The highest BCUT2D eigenvalue weighted by molar-refractivity contribution is 5.77. The molecule has 3 aromatic rings. The van der Waals surface area contributed by atoms with Crippen LogP contribution in [-0.4, -0.2) is 60.1 Å². The molecule has 2 heterocycles. The molecule has 0 spiro atoms. The predicted molar refractivity (Wildman–Crippen MR) is 124 cm³/mol. The van der Waals surface area contributed by atoms with Crippen LogP contribution in [0.15, 0.2) is 60.9 Å². The van der Waals surface area contributed by atoms with Gasteiger partial charge in [-0.05, 0) is 17.7 Å². The number of hydrogen-bond acceptors (Lipinski definition) is 6. The van der Waals surface area contributed by atoms with Gasteiger partial charge in [0.2, 0.25) is 5.91 Å². The molecule has 0 aliphatic carbocycles. The molecule has 0 atom stereocenters. The lowest BCUT2D eigenvalue weighted by Crippen LogP contribution is -2.44. The Hall–Kier alpha value is -3.36. The van der Waals surface area contributed by atoms with Gasteiger partial charge >= 0.3 is 0 Å². The van der Waals surface area contributed by atoms with Crippen LogP contribution < -0.4 is 15.4 Å². The summed E-state index contributed by atoms with van der Waals surface area (Å²) in [5.74, 6) is 0.323. The average molecular weight is 450 g/mol. The molecule has 1 aliphatic heterocycles. The lowest BCUT2D eigenvalue weighted by atomic mass is 10.1. The second-order valence-electron chi connectivity index (χ2n) is 7.91. The number of halogens is 1. The monoisotopic (exact) mass is 449 g/mol. The largest absolute Gasteiger partial charge is 0.492 e. The molecular weight excluding hydrogens is 421 g/mol. The van der Waals surface area contributed by atoms with Crippen LogP contribution in [0.4, 0.5) is 4.39 Å². The Morgan fingerprint density at radius 3 is 2.58 bits per heavy atom. The van der Waals surface area contributed by atoms with Crippen LogP contribution in [0.2, 0.25) is 0 Å². The fourth-order valence-electron chi connectivity index (χ4n) is 3.63. The molecule has 1 aromatic heterocycles. The van der Waals surface area contributed by atoms with Gasteiger partial charge in [0.25, 0.3) is 0 Å². The van der Waals surface area contributed by atoms with E-state index in [1.165, 1.54) is 18.5 Å². The van der Waals surface area contributed by atoms with Crippen LogP contribution >= 0.6 is 0 Å². The average Bonchev–Trinajstić information content (AvgIpc) is 2.85. The summed E-state index contributed by atoms with van der Waals surface area (Å²) < 4.78 is 20.4. The molecule has 8 heteroatoms. The minimum absolute atomic E-state index is 0.0649. The first-order valence-corrected chi connectivity index (χ1v) is 11.1. The predicted octanol–water partition coefficient (Wildman–Crippen LogP) is 2.43. The van der Waals surface area contributed by atoms with Crippen LogP contribution in [0.3, 0.4) is 0 Å². The number of carbonyl (C=O) groups excluding carboxylic acids is 1. The minimum Gasteiger partial charge on any atom is -0.492 e. The van der Waals surface area contributed by atoms with Crippen molar-refractivity contribution >= 4 is 5.91 Å². The van der Waals surface area contributed by atoms with Gasteiger partial charge in [0.05, 0.1) is 6.42 Å². The van der Waals surface area contributed by atoms with Crippen molar-refractivity contribution in [2.75, 3.05) is 39.3 Å². The SMILES string of the molecule is O=C(Cc1ncc(-c2ccc(OCCN3CCNCC3)cc2F)cn1)NCc1ccccc1. The molecule has 2 N–H and O–H groups in total. The summed E-state index contributed by atoms with van der Waals surface area (Å²) in [6, 6.07) is 14.5. The molecule has 1 fully saturated rings. The maximum Gasteiger partial charge on any atom is 0.227 e. The summed E-state index contributed by atoms with van der Waals surface area (Å²) in [4.78, 5) is 22.9. The van der Waals surface area contributed by atoms with E-state index in [0.717, 1.165) is 38.3 Å². The van der Waals surface area contributed by atoms with Gasteiger partial charge < -0.3 is 15.4 Å². The number of nitrogens with one attached hydrogen (secondary N) is 2.